The first-order chi connectivity index (χ1) is 20.5. The summed E-state index contributed by atoms with van der Waals surface area (Å²) in [5.41, 5.74) is 2.14. The molecule has 0 aromatic heterocycles. The van der Waals surface area contributed by atoms with Crippen LogP contribution in [0.5, 0.6) is 5.75 Å². The van der Waals surface area contributed by atoms with E-state index < -0.39 is 16.1 Å². The molecule has 8 nitrogen and oxygen atoms in total. The summed E-state index contributed by atoms with van der Waals surface area (Å²) in [6.07, 6.45) is 1.74. The van der Waals surface area contributed by atoms with E-state index in [1.54, 1.807) is 41.3 Å². The fourth-order valence-electron chi connectivity index (χ4n) is 4.73. The van der Waals surface area contributed by atoms with Gasteiger partial charge in [-0.05, 0) is 54.7 Å². The van der Waals surface area contributed by atoms with Gasteiger partial charge in [0.15, 0.2) is 0 Å². The summed E-state index contributed by atoms with van der Waals surface area (Å²) in [5.74, 6) is 0.192. The SMILES string of the molecule is CCOc1ccccc1N(CCCC(=O)N(Cc1cccc(Cl)c1)C(Cc1ccccc1)C(=O)NCC(C)C)S(C)(=O)=O. The summed E-state index contributed by atoms with van der Waals surface area (Å²) >= 11 is 6.26. The number of hydrogen-bond acceptors (Lipinski definition) is 5. The second-order valence-electron chi connectivity index (χ2n) is 10.8. The van der Waals surface area contributed by atoms with Crippen LogP contribution in [-0.2, 0) is 32.6 Å². The maximum atomic E-state index is 14.0. The smallest absolute Gasteiger partial charge is 0.243 e. The number of sulfonamides is 1. The van der Waals surface area contributed by atoms with Crippen LogP contribution in [0.2, 0.25) is 5.02 Å². The fourth-order valence-corrected chi connectivity index (χ4v) is 5.91. The van der Waals surface area contributed by atoms with Crippen LogP contribution in [0, 0.1) is 5.92 Å². The van der Waals surface area contributed by atoms with Crippen molar-refractivity contribution in [1.29, 1.82) is 0 Å². The number of para-hydroxylation sites is 2. The zero-order valence-electron chi connectivity index (χ0n) is 25.3. The molecule has 43 heavy (non-hydrogen) atoms. The third-order valence-electron chi connectivity index (χ3n) is 6.78. The molecule has 0 aliphatic carbocycles. The normalized spacial score (nSPS) is 12.0. The number of amides is 2. The van der Waals surface area contributed by atoms with Gasteiger partial charge in [0.2, 0.25) is 21.8 Å². The van der Waals surface area contributed by atoms with E-state index >= 15 is 0 Å². The summed E-state index contributed by atoms with van der Waals surface area (Å²) in [6, 6.07) is 23.0. The lowest BCUT2D eigenvalue weighted by Gasteiger charge is -2.32. The summed E-state index contributed by atoms with van der Waals surface area (Å²) in [4.78, 5) is 29.2. The predicted octanol–water partition coefficient (Wildman–Crippen LogP) is 5.70. The van der Waals surface area contributed by atoms with E-state index in [1.165, 1.54) is 4.31 Å². The van der Waals surface area contributed by atoms with E-state index in [0.717, 1.165) is 17.4 Å². The lowest BCUT2D eigenvalue weighted by atomic mass is 10.0. The lowest BCUT2D eigenvalue weighted by molar-refractivity contribution is -0.141. The molecule has 0 saturated heterocycles. The second kappa shape index (κ2) is 16.3. The van der Waals surface area contributed by atoms with Crippen molar-refractivity contribution in [2.45, 2.75) is 52.6 Å². The van der Waals surface area contributed by atoms with Gasteiger partial charge in [-0.15, -0.1) is 0 Å². The van der Waals surface area contributed by atoms with Gasteiger partial charge in [-0.1, -0.05) is 80.0 Å². The number of nitrogens with zero attached hydrogens (tertiary/aromatic N) is 2. The standard InChI is InChI=1S/C33H42ClN3O5S/c1-5-42-31-18-10-9-17-29(31)37(43(4,40)41)20-12-19-32(38)36(24-27-15-11-16-28(34)21-27)30(33(39)35-23-25(2)3)22-26-13-7-6-8-14-26/h6-11,13-18,21,25,30H,5,12,19-20,22-24H2,1-4H3,(H,35,39). The van der Waals surface area contributed by atoms with Gasteiger partial charge >= 0.3 is 0 Å². The Labute approximate surface area is 261 Å². The highest BCUT2D eigenvalue weighted by atomic mass is 35.5. The summed E-state index contributed by atoms with van der Waals surface area (Å²) in [7, 11) is -3.67. The number of nitrogens with one attached hydrogen (secondary N) is 1. The third-order valence-corrected chi connectivity index (χ3v) is 8.20. The molecular formula is C33H42ClN3O5S. The van der Waals surface area contributed by atoms with E-state index in [1.807, 2.05) is 63.2 Å². The van der Waals surface area contributed by atoms with Crippen molar-refractivity contribution in [3.63, 3.8) is 0 Å². The minimum atomic E-state index is -3.67. The number of anilines is 1. The Balaban J connectivity index is 1.90. The van der Waals surface area contributed by atoms with Gasteiger partial charge in [0.25, 0.3) is 0 Å². The average molecular weight is 628 g/mol. The van der Waals surface area contributed by atoms with Crippen LogP contribution in [0.3, 0.4) is 0 Å². The molecule has 2 amide bonds. The highest BCUT2D eigenvalue weighted by molar-refractivity contribution is 7.92. The molecule has 0 bridgehead atoms. The van der Waals surface area contributed by atoms with Crippen molar-refractivity contribution in [3.8, 4) is 5.75 Å². The molecule has 0 radical (unpaired) electrons. The molecule has 0 heterocycles. The summed E-state index contributed by atoms with van der Waals surface area (Å²) in [6.45, 7) is 6.96. The molecule has 3 aromatic rings. The molecule has 1 unspecified atom stereocenters. The van der Waals surface area contributed by atoms with Crippen LogP contribution in [0.25, 0.3) is 0 Å². The van der Waals surface area contributed by atoms with Crippen LogP contribution in [0.15, 0.2) is 78.9 Å². The number of ether oxygens (including phenoxy) is 1. The van der Waals surface area contributed by atoms with E-state index in [0.29, 0.717) is 36.0 Å². The second-order valence-corrected chi connectivity index (χ2v) is 13.2. The first-order valence-corrected chi connectivity index (χ1v) is 16.8. The first-order valence-electron chi connectivity index (χ1n) is 14.5. The topological polar surface area (TPSA) is 96.0 Å². The van der Waals surface area contributed by atoms with Gasteiger partial charge in [-0.2, -0.15) is 0 Å². The zero-order valence-corrected chi connectivity index (χ0v) is 26.9. The highest BCUT2D eigenvalue weighted by Gasteiger charge is 2.31. The van der Waals surface area contributed by atoms with Crippen molar-refractivity contribution in [1.82, 2.24) is 10.2 Å². The third kappa shape index (κ3) is 10.6. The van der Waals surface area contributed by atoms with E-state index in [2.05, 4.69) is 5.32 Å². The van der Waals surface area contributed by atoms with Crippen molar-refractivity contribution in [2.75, 3.05) is 30.3 Å². The van der Waals surface area contributed by atoms with Crippen LogP contribution in [-0.4, -0.2) is 57.1 Å². The van der Waals surface area contributed by atoms with Crippen LogP contribution in [0.4, 0.5) is 5.69 Å². The number of carbonyl (C=O) groups excluding carboxylic acids is 2. The number of rotatable bonds is 16. The van der Waals surface area contributed by atoms with Gasteiger partial charge in [-0.3, -0.25) is 13.9 Å². The van der Waals surface area contributed by atoms with Gasteiger partial charge in [0.05, 0.1) is 18.6 Å². The predicted molar refractivity (Wildman–Crippen MR) is 173 cm³/mol. The number of carbonyl (C=O) groups is 2. The van der Waals surface area contributed by atoms with Crippen molar-refractivity contribution in [3.05, 3.63) is 95.0 Å². The maximum Gasteiger partial charge on any atom is 0.243 e. The van der Waals surface area contributed by atoms with Gasteiger partial charge in [0, 0.05) is 37.5 Å². The maximum absolute atomic E-state index is 14.0. The first kappa shape index (κ1) is 33.9. The largest absolute Gasteiger partial charge is 0.492 e. The van der Waals surface area contributed by atoms with Crippen molar-refractivity contribution >= 4 is 39.1 Å². The van der Waals surface area contributed by atoms with Crippen LogP contribution >= 0.6 is 11.6 Å². The summed E-state index contributed by atoms with van der Waals surface area (Å²) in [5, 5.41) is 3.54. The summed E-state index contributed by atoms with van der Waals surface area (Å²) < 4.78 is 32.6. The lowest BCUT2D eigenvalue weighted by Crippen LogP contribution is -2.51. The Hall–Kier alpha value is -3.56. The molecular weight excluding hydrogens is 586 g/mol. The molecule has 0 aliphatic heterocycles. The van der Waals surface area contributed by atoms with Crippen molar-refractivity contribution in [2.24, 2.45) is 5.92 Å². The van der Waals surface area contributed by atoms with Gasteiger partial charge in [0.1, 0.15) is 11.8 Å². The molecule has 3 rings (SSSR count). The molecule has 0 fully saturated rings. The van der Waals surface area contributed by atoms with Gasteiger partial charge < -0.3 is 15.0 Å². The Bertz CT molecular complexity index is 1450. The average Bonchev–Trinajstić information content (AvgIpc) is 2.96. The Morgan fingerprint density at radius 1 is 0.953 bits per heavy atom. The van der Waals surface area contributed by atoms with Crippen LogP contribution in [0.1, 0.15) is 44.7 Å². The molecule has 10 heteroatoms. The number of halogens is 1. The molecule has 3 aromatic carbocycles. The molecule has 0 spiro atoms. The van der Waals surface area contributed by atoms with E-state index in [-0.39, 0.29) is 43.7 Å². The molecule has 1 N–H and O–H groups in total. The Morgan fingerprint density at radius 2 is 1.63 bits per heavy atom. The number of hydrogen-bond donors (Lipinski definition) is 1. The quantitative estimate of drug-likeness (QED) is 0.220. The number of benzene rings is 3. The van der Waals surface area contributed by atoms with E-state index in [4.69, 9.17) is 16.3 Å². The van der Waals surface area contributed by atoms with Crippen LogP contribution < -0.4 is 14.4 Å². The van der Waals surface area contributed by atoms with Gasteiger partial charge in [-0.25, -0.2) is 8.42 Å². The minimum absolute atomic E-state index is 0.0339. The molecule has 0 aliphatic rings. The zero-order chi connectivity index (χ0) is 31.4. The minimum Gasteiger partial charge on any atom is -0.492 e. The Kier molecular flexibility index (Phi) is 12.9. The van der Waals surface area contributed by atoms with Crippen molar-refractivity contribution < 1.29 is 22.7 Å². The monoisotopic (exact) mass is 627 g/mol. The fraction of sp³-hybridized carbons (Fsp3) is 0.394. The molecule has 1 atom stereocenters. The molecule has 0 saturated carbocycles. The Morgan fingerprint density at radius 3 is 2.28 bits per heavy atom. The van der Waals surface area contributed by atoms with E-state index in [9.17, 15) is 18.0 Å². The molecule has 232 valence electrons. The highest BCUT2D eigenvalue weighted by Crippen LogP contribution is 2.30.